The van der Waals surface area contributed by atoms with E-state index < -0.39 is 11.9 Å². The van der Waals surface area contributed by atoms with Gasteiger partial charge in [0.25, 0.3) is 5.95 Å². The third-order valence-electron chi connectivity index (χ3n) is 16.6. The fourth-order valence-corrected chi connectivity index (χ4v) is 12.6. The minimum absolute atomic E-state index is 0.149. The maximum atomic E-state index is 13.5. The molecule has 0 spiro atoms. The van der Waals surface area contributed by atoms with Crippen molar-refractivity contribution in [2.45, 2.75) is 139 Å². The van der Waals surface area contributed by atoms with Crippen LogP contribution in [0.2, 0.25) is 0 Å². The van der Waals surface area contributed by atoms with Crippen molar-refractivity contribution in [1.82, 2.24) is 25.5 Å². The Morgan fingerprint density at radius 3 is 2.39 bits per heavy atom. The molecule has 1 aromatic rings. The molecule has 0 aromatic carbocycles. The van der Waals surface area contributed by atoms with E-state index in [4.69, 9.17) is 15.2 Å². The largest absolute Gasteiger partial charge is 0.481 e. The van der Waals surface area contributed by atoms with Crippen LogP contribution in [0, 0.1) is 68.5 Å². The number of nitrogens with zero attached hydrogens (tertiary/aromatic N) is 4. The minimum Gasteiger partial charge on any atom is -0.481 e. The molecular formula is C41H70N6O4. The first-order valence-electron chi connectivity index (χ1n) is 20.1. The van der Waals surface area contributed by atoms with E-state index in [1.807, 2.05) is 0 Å². The van der Waals surface area contributed by atoms with Crippen LogP contribution in [0.5, 0.6) is 0 Å². The molecule has 5 aliphatic rings. The van der Waals surface area contributed by atoms with Gasteiger partial charge in [0, 0.05) is 16.4 Å². The molecule has 0 amide bonds. The number of nitrogen functional groups attached to an aromatic ring is 1. The van der Waals surface area contributed by atoms with Gasteiger partial charge >= 0.3 is 5.97 Å². The second-order valence-electron chi connectivity index (χ2n) is 20.2. The summed E-state index contributed by atoms with van der Waals surface area (Å²) in [7, 11) is 0. The van der Waals surface area contributed by atoms with Gasteiger partial charge < -0.3 is 25.6 Å². The van der Waals surface area contributed by atoms with E-state index in [-0.39, 0.29) is 56.6 Å². The monoisotopic (exact) mass is 711 g/mol. The zero-order valence-electron chi connectivity index (χ0n) is 33.9. The van der Waals surface area contributed by atoms with Gasteiger partial charge in [-0.05, 0) is 109 Å². The molecule has 10 heteroatoms. The lowest BCUT2D eigenvalue weighted by molar-refractivity contribution is -0.254. The van der Waals surface area contributed by atoms with Crippen molar-refractivity contribution in [3.8, 4) is 0 Å². The molecule has 288 valence electrons. The highest BCUT2D eigenvalue weighted by Gasteiger charge is 2.72. The smallest absolute Gasteiger partial charge is 0.307 e. The summed E-state index contributed by atoms with van der Waals surface area (Å²) in [5.41, 5.74) is 6.11. The average molecular weight is 711 g/mol. The molecule has 3 saturated carbocycles. The molecule has 51 heavy (non-hydrogen) atoms. The molecule has 0 radical (unpaired) electrons. The van der Waals surface area contributed by atoms with Crippen LogP contribution in [0.4, 0.5) is 5.95 Å². The van der Waals surface area contributed by atoms with E-state index in [1.54, 1.807) is 4.80 Å². The number of ether oxygens (including phenoxy) is 2. The van der Waals surface area contributed by atoms with Crippen molar-refractivity contribution in [2.24, 2.45) is 68.5 Å². The lowest BCUT2D eigenvalue weighted by Crippen LogP contribution is -2.69. The number of carboxylic acids is 1. The first kappa shape index (κ1) is 38.7. The Morgan fingerprint density at radius 1 is 1.10 bits per heavy atom. The maximum Gasteiger partial charge on any atom is 0.307 e. The number of nitrogens with two attached hydrogens (primary N) is 1. The number of fused-ring (bicyclic) bond motifs is 3. The normalized spacial score (nSPS) is 42.5. The number of rotatable bonds is 11. The summed E-state index contributed by atoms with van der Waals surface area (Å²) < 4.78 is 14.0. The molecule has 1 aromatic heterocycles. The topological polar surface area (TPSA) is 137 Å². The predicted octanol–water partition coefficient (Wildman–Crippen LogP) is 7.43. The first-order valence-corrected chi connectivity index (χ1v) is 20.1. The van der Waals surface area contributed by atoms with E-state index in [0.717, 1.165) is 45.1 Å². The fraction of sp³-hybridized carbons (Fsp3) is 0.902. The van der Waals surface area contributed by atoms with Gasteiger partial charge in [-0.1, -0.05) is 92.9 Å². The van der Waals surface area contributed by atoms with Gasteiger partial charge in [-0.15, -0.1) is 5.10 Å². The molecule has 12 atom stereocenters. The summed E-state index contributed by atoms with van der Waals surface area (Å²) in [6, 6.07) is -0.171. The lowest BCUT2D eigenvalue weighted by atomic mass is 9.34. The quantitative estimate of drug-likeness (QED) is 0.200. The van der Waals surface area contributed by atoms with Gasteiger partial charge in [-0.2, -0.15) is 4.80 Å². The number of anilines is 1. The van der Waals surface area contributed by atoms with Gasteiger partial charge in [0.05, 0.1) is 31.8 Å². The third-order valence-corrected chi connectivity index (χ3v) is 16.6. The number of carbonyl (C=O) groups is 1. The van der Waals surface area contributed by atoms with Gasteiger partial charge in [0.1, 0.15) is 6.04 Å². The molecule has 2 bridgehead atoms. The highest BCUT2D eigenvalue weighted by atomic mass is 16.5. The number of aromatic nitrogens is 4. The highest BCUT2D eigenvalue weighted by molar-refractivity contribution is 5.73. The number of hydrogen-bond acceptors (Lipinski definition) is 8. The molecule has 2 heterocycles. The Balaban J connectivity index is 1.42. The first-order chi connectivity index (χ1) is 23.7. The summed E-state index contributed by atoms with van der Waals surface area (Å²) >= 11 is 0. The molecular weight excluding hydrogens is 640 g/mol. The van der Waals surface area contributed by atoms with Crippen LogP contribution in [-0.4, -0.2) is 69.3 Å². The number of hydrogen-bond donors (Lipinski definition) is 3. The van der Waals surface area contributed by atoms with Gasteiger partial charge in [-0.3, -0.25) is 4.79 Å². The fourth-order valence-electron chi connectivity index (χ4n) is 12.6. The standard InChI is InChI=1S/C41H70N6O4/c1-24(2)20-43-40(12,26(5)6)22-51-33-30(47-45-35(42)44-46-47)19-41-23-50-21-37(33,9)31(41)14-13-28-29(41)15-16-39(11)32(34(48)49)36(8,27(7)25(3)4)17-18-38(28,39)10/h15,24-28,30-33,43H,13-14,16-23H2,1-12H3,(H2,42,45)(H,48,49)/t27?,28-,30+,31-,32+,33-,36+,37-,38+,39-,40-,41-/m0/s1. The Labute approximate surface area is 307 Å². The van der Waals surface area contributed by atoms with Gasteiger partial charge in [-0.25, -0.2) is 0 Å². The highest BCUT2D eigenvalue weighted by Crippen LogP contribution is 2.75. The molecule has 10 nitrogen and oxygen atoms in total. The van der Waals surface area contributed by atoms with Crippen LogP contribution in [0.25, 0.3) is 0 Å². The molecule has 4 fully saturated rings. The summed E-state index contributed by atoms with van der Waals surface area (Å²) in [5, 5.41) is 28.2. The van der Waals surface area contributed by atoms with E-state index in [2.05, 4.69) is 110 Å². The molecule has 4 N–H and O–H groups in total. The van der Waals surface area contributed by atoms with Crippen LogP contribution in [0.1, 0.15) is 128 Å². The van der Waals surface area contributed by atoms with Crippen LogP contribution < -0.4 is 11.1 Å². The second-order valence-corrected chi connectivity index (χ2v) is 20.2. The average Bonchev–Trinajstić information content (AvgIpc) is 3.48. The lowest BCUT2D eigenvalue weighted by Gasteiger charge is -2.71. The van der Waals surface area contributed by atoms with Gasteiger partial charge in [0.2, 0.25) is 0 Å². The van der Waals surface area contributed by atoms with Crippen molar-refractivity contribution in [1.29, 1.82) is 0 Å². The minimum atomic E-state index is -0.625. The van der Waals surface area contributed by atoms with Crippen LogP contribution in [0.3, 0.4) is 0 Å². The Morgan fingerprint density at radius 2 is 1.80 bits per heavy atom. The Kier molecular flexibility index (Phi) is 9.91. The number of carboxylic acid groups (broad SMARTS) is 1. The van der Waals surface area contributed by atoms with E-state index in [9.17, 15) is 9.90 Å². The number of aliphatic carboxylic acids is 1. The number of nitrogens with one attached hydrogen (secondary N) is 1. The van der Waals surface area contributed by atoms with E-state index >= 15 is 0 Å². The Hall–Kier alpha value is -2.04. The third kappa shape index (κ3) is 5.73. The summed E-state index contributed by atoms with van der Waals surface area (Å²) in [6.45, 7) is 30.3. The van der Waals surface area contributed by atoms with Crippen molar-refractivity contribution >= 4 is 11.9 Å². The summed E-state index contributed by atoms with van der Waals surface area (Å²) in [6.07, 6.45) is 7.96. The van der Waals surface area contributed by atoms with Crippen molar-refractivity contribution in [2.75, 3.05) is 32.1 Å². The second kappa shape index (κ2) is 13.1. The zero-order valence-corrected chi connectivity index (χ0v) is 33.9. The molecule has 1 aliphatic heterocycles. The number of tetrazole rings is 1. The predicted molar refractivity (Wildman–Crippen MR) is 201 cm³/mol. The number of allylic oxidation sites excluding steroid dienone is 1. The van der Waals surface area contributed by atoms with Crippen LogP contribution in [-0.2, 0) is 14.3 Å². The SMILES string of the molecule is CC(C)CN[C@@](C)(CO[C@H]1[C@H](n2nnc(N)n2)C[C@@]23COC[C@@]1(C)[C@@H]2CC[C@H]1C3=CC[C@@]2(C)[C@H](C(=O)O)[C@@](C)(C(C)C(C)C)CC[C@]12C)C(C)C. The molecule has 1 unspecified atom stereocenters. The van der Waals surface area contributed by atoms with Gasteiger partial charge in [0.15, 0.2) is 0 Å². The van der Waals surface area contributed by atoms with Crippen molar-refractivity contribution in [3.05, 3.63) is 11.6 Å². The molecule has 6 rings (SSSR count). The van der Waals surface area contributed by atoms with Crippen molar-refractivity contribution in [3.63, 3.8) is 0 Å². The van der Waals surface area contributed by atoms with Crippen LogP contribution >= 0.6 is 0 Å². The Bertz CT molecular complexity index is 1490. The van der Waals surface area contributed by atoms with Crippen LogP contribution in [0.15, 0.2) is 11.6 Å². The molecule has 4 aliphatic carbocycles. The molecule has 1 saturated heterocycles. The summed E-state index contributed by atoms with van der Waals surface area (Å²) in [4.78, 5) is 15.2. The maximum absolute atomic E-state index is 13.5. The van der Waals surface area contributed by atoms with Crippen molar-refractivity contribution < 1.29 is 19.4 Å². The zero-order chi connectivity index (χ0) is 37.5. The van der Waals surface area contributed by atoms with E-state index in [0.29, 0.717) is 49.4 Å². The van der Waals surface area contributed by atoms with E-state index in [1.165, 1.54) is 5.57 Å². The summed E-state index contributed by atoms with van der Waals surface area (Å²) in [5.74, 6) is 1.40.